The highest BCUT2D eigenvalue weighted by atomic mass is 79.9. The van der Waals surface area contributed by atoms with E-state index < -0.39 is 10.5 Å². The second-order valence-corrected chi connectivity index (χ2v) is 4.77. The van der Waals surface area contributed by atoms with Crippen molar-refractivity contribution in [2.24, 2.45) is 0 Å². The minimum Gasteiger partial charge on any atom is -0.484 e. The average Bonchev–Trinajstić information content (AvgIpc) is 2.36. The summed E-state index contributed by atoms with van der Waals surface area (Å²) in [5.74, 6) is 0.139. The Morgan fingerprint density at radius 2 is 2.33 bits per heavy atom. The highest BCUT2D eigenvalue weighted by molar-refractivity contribution is 9.10. The predicted molar refractivity (Wildman–Crippen MR) is 69.4 cm³/mol. The van der Waals surface area contributed by atoms with Crippen molar-refractivity contribution in [1.82, 2.24) is 5.32 Å². The Balaban J connectivity index is 2.92. The van der Waals surface area contributed by atoms with E-state index in [1.54, 1.807) is 20.0 Å². The molecule has 0 aliphatic carbocycles. The molecular weight excluding hydrogens is 302 g/mol. The van der Waals surface area contributed by atoms with E-state index in [4.69, 9.17) is 10.00 Å². The van der Waals surface area contributed by atoms with Crippen LogP contribution >= 0.6 is 15.9 Å². The third kappa shape index (κ3) is 3.42. The maximum Gasteiger partial charge on any atom is 0.312 e. The van der Waals surface area contributed by atoms with Crippen LogP contribution in [-0.4, -0.2) is 24.1 Å². The molecule has 1 rings (SSSR count). The summed E-state index contributed by atoms with van der Waals surface area (Å²) in [6.45, 7) is 1.67. The van der Waals surface area contributed by atoms with Gasteiger partial charge in [0.1, 0.15) is 12.1 Å². The molecule has 0 radical (unpaired) electrons. The average molecular weight is 314 g/mol. The molecule has 1 aromatic rings. The lowest BCUT2D eigenvalue weighted by Gasteiger charge is -2.20. The van der Waals surface area contributed by atoms with E-state index in [1.165, 1.54) is 12.1 Å². The largest absolute Gasteiger partial charge is 0.484 e. The molecule has 0 spiro atoms. The summed E-state index contributed by atoms with van der Waals surface area (Å²) >= 11 is 3.16. The standard InChI is InChI=1S/C11H12BrN3O3/c1-11(6-13,14-2)7-18-10-4-3-8(12)5-9(10)15(16)17/h3-5,14H,7H2,1-2H3. The molecule has 18 heavy (non-hydrogen) atoms. The molecule has 0 aromatic heterocycles. The zero-order valence-electron chi connectivity index (χ0n) is 9.94. The van der Waals surface area contributed by atoms with Crippen LogP contribution in [0, 0.1) is 21.4 Å². The van der Waals surface area contributed by atoms with Crippen LogP contribution in [0.4, 0.5) is 5.69 Å². The Kier molecular flexibility index (Phi) is 4.64. The Morgan fingerprint density at radius 3 is 2.83 bits per heavy atom. The summed E-state index contributed by atoms with van der Waals surface area (Å²) in [6, 6.07) is 6.54. The fourth-order valence-electron chi connectivity index (χ4n) is 1.14. The lowest BCUT2D eigenvalue weighted by Crippen LogP contribution is -2.43. The van der Waals surface area contributed by atoms with Crippen LogP contribution in [0.5, 0.6) is 5.75 Å². The van der Waals surface area contributed by atoms with Gasteiger partial charge in [0, 0.05) is 10.5 Å². The number of nitro benzene ring substituents is 1. The Hall–Kier alpha value is -1.65. The minimum atomic E-state index is -0.888. The molecule has 1 N–H and O–H groups in total. The van der Waals surface area contributed by atoms with Gasteiger partial charge in [-0.2, -0.15) is 5.26 Å². The van der Waals surface area contributed by atoms with Crippen molar-refractivity contribution < 1.29 is 9.66 Å². The molecule has 0 aliphatic rings. The van der Waals surface area contributed by atoms with Gasteiger partial charge in [-0.1, -0.05) is 15.9 Å². The van der Waals surface area contributed by atoms with Crippen LogP contribution in [0.2, 0.25) is 0 Å². The Labute approximate surface area is 113 Å². The topological polar surface area (TPSA) is 88.2 Å². The molecule has 96 valence electrons. The van der Waals surface area contributed by atoms with Crippen molar-refractivity contribution in [3.63, 3.8) is 0 Å². The maximum atomic E-state index is 10.9. The van der Waals surface area contributed by atoms with E-state index in [-0.39, 0.29) is 18.0 Å². The molecule has 0 aliphatic heterocycles. The van der Waals surface area contributed by atoms with Gasteiger partial charge in [0.15, 0.2) is 5.75 Å². The third-order valence-corrected chi connectivity index (χ3v) is 2.93. The number of rotatable bonds is 5. The number of nitriles is 1. The molecule has 0 saturated heterocycles. The van der Waals surface area contributed by atoms with Gasteiger partial charge in [0.2, 0.25) is 0 Å². The number of hydrogen-bond acceptors (Lipinski definition) is 5. The predicted octanol–water partition coefficient (Wildman–Crippen LogP) is 2.24. The number of ether oxygens (including phenoxy) is 1. The molecule has 6 nitrogen and oxygen atoms in total. The van der Waals surface area contributed by atoms with Crippen molar-refractivity contribution in [2.45, 2.75) is 12.5 Å². The van der Waals surface area contributed by atoms with Gasteiger partial charge in [-0.15, -0.1) is 0 Å². The minimum absolute atomic E-state index is 0.0163. The summed E-state index contributed by atoms with van der Waals surface area (Å²) in [7, 11) is 1.63. The van der Waals surface area contributed by atoms with E-state index in [0.717, 1.165) is 0 Å². The SMILES string of the molecule is CNC(C)(C#N)COc1ccc(Br)cc1[N+](=O)[O-]. The van der Waals surface area contributed by atoms with Crippen molar-refractivity contribution in [2.75, 3.05) is 13.7 Å². The molecule has 0 fully saturated rings. The van der Waals surface area contributed by atoms with Crippen LogP contribution in [0.3, 0.4) is 0 Å². The van der Waals surface area contributed by atoms with E-state index in [1.807, 2.05) is 6.07 Å². The van der Waals surface area contributed by atoms with Crippen LogP contribution in [-0.2, 0) is 0 Å². The normalized spacial score (nSPS) is 13.4. The van der Waals surface area contributed by atoms with Gasteiger partial charge in [0.25, 0.3) is 0 Å². The first-order valence-corrected chi connectivity index (χ1v) is 5.88. The second kappa shape index (κ2) is 5.80. The van der Waals surface area contributed by atoms with Crippen LogP contribution in [0.25, 0.3) is 0 Å². The van der Waals surface area contributed by atoms with Crippen molar-refractivity contribution >= 4 is 21.6 Å². The second-order valence-electron chi connectivity index (χ2n) is 3.85. The number of nitro groups is 1. The molecule has 7 heteroatoms. The summed E-state index contributed by atoms with van der Waals surface area (Å²) < 4.78 is 5.95. The molecular formula is C11H12BrN3O3. The van der Waals surface area contributed by atoms with Gasteiger partial charge in [-0.3, -0.25) is 15.4 Å². The van der Waals surface area contributed by atoms with E-state index in [2.05, 4.69) is 21.2 Å². The van der Waals surface area contributed by atoms with E-state index >= 15 is 0 Å². The first-order chi connectivity index (χ1) is 8.41. The number of hydrogen-bond donors (Lipinski definition) is 1. The Morgan fingerprint density at radius 1 is 1.67 bits per heavy atom. The maximum absolute atomic E-state index is 10.9. The number of halogens is 1. The zero-order chi connectivity index (χ0) is 13.8. The number of nitrogens with one attached hydrogen (secondary N) is 1. The quantitative estimate of drug-likeness (QED) is 0.665. The van der Waals surface area contributed by atoms with Gasteiger partial charge < -0.3 is 4.74 Å². The molecule has 0 amide bonds. The molecule has 0 heterocycles. The monoisotopic (exact) mass is 313 g/mol. The third-order valence-electron chi connectivity index (χ3n) is 2.43. The molecule has 1 unspecified atom stereocenters. The number of nitrogens with zero attached hydrogens (tertiary/aromatic N) is 2. The fourth-order valence-corrected chi connectivity index (χ4v) is 1.49. The number of benzene rings is 1. The summed E-state index contributed by atoms with van der Waals surface area (Å²) in [4.78, 5) is 10.3. The highest BCUT2D eigenvalue weighted by Crippen LogP contribution is 2.30. The van der Waals surface area contributed by atoms with Crippen LogP contribution in [0.15, 0.2) is 22.7 Å². The lowest BCUT2D eigenvalue weighted by molar-refractivity contribution is -0.386. The van der Waals surface area contributed by atoms with Gasteiger partial charge >= 0.3 is 5.69 Å². The zero-order valence-corrected chi connectivity index (χ0v) is 11.5. The van der Waals surface area contributed by atoms with Crippen LogP contribution in [0.1, 0.15) is 6.92 Å². The van der Waals surface area contributed by atoms with Gasteiger partial charge in [-0.25, -0.2) is 0 Å². The van der Waals surface area contributed by atoms with Crippen molar-refractivity contribution in [1.29, 1.82) is 5.26 Å². The van der Waals surface area contributed by atoms with E-state index in [0.29, 0.717) is 4.47 Å². The fraction of sp³-hybridized carbons (Fsp3) is 0.364. The number of likely N-dealkylation sites (N-methyl/N-ethyl adjacent to an activating group) is 1. The van der Waals surface area contributed by atoms with Gasteiger partial charge in [-0.05, 0) is 26.1 Å². The lowest BCUT2D eigenvalue weighted by atomic mass is 10.1. The first kappa shape index (κ1) is 14.4. The van der Waals surface area contributed by atoms with E-state index in [9.17, 15) is 10.1 Å². The highest BCUT2D eigenvalue weighted by Gasteiger charge is 2.24. The molecule has 1 aromatic carbocycles. The molecule has 0 bridgehead atoms. The summed E-state index contributed by atoms with van der Waals surface area (Å²) in [6.07, 6.45) is 0. The summed E-state index contributed by atoms with van der Waals surface area (Å²) in [5, 5.41) is 22.6. The smallest absolute Gasteiger partial charge is 0.312 e. The van der Waals surface area contributed by atoms with Crippen molar-refractivity contribution in [3.05, 3.63) is 32.8 Å². The van der Waals surface area contributed by atoms with Crippen LogP contribution < -0.4 is 10.1 Å². The van der Waals surface area contributed by atoms with Crippen molar-refractivity contribution in [3.8, 4) is 11.8 Å². The molecule has 0 saturated carbocycles. The Bertz CT molecular complexity index is 501. The molecule has 1 atom stereocenters. The summed E-state index contributed by atoms with van der Waals surface area (Å²) in [5.41, 5.74) is -1.03. The first-order valence-electron chi connectivity index (χ1n) is 5.09. The van der Waals surface area contributed by atoms with Gasteiger partial charge in [0.05, 0.1) is 11.0 Å².